The van der Waals surface area contributed by atoms with E-state index in [9.17, 15) is 0 Å². The molecular weight excluding hydrogens is 386 g/mol. The van der Waals surface area contributed by atoms with Gasteiger partial charge in [-0.05, 0) is 51.8 Å². The number of fused-ring (bicyclic) bond motifs is 1. The van der Waals surface area contributed by atoms with Crippen LogP contribution in [0.15, 0.2) is 88.3 Å². The largest absolute Gasteiger partial charge is 0.338 e. The summed E-state index contributed by atoms with van der Waals surface area (Å²) in [5.41, 5.74) is 4.93. The average molecular weight is 402 g/mol. The molecule has 1 heterocycles. The van der Waals surface area contributed by atoms with Crippen molar-refractivity contribution in [2.75, 3.05) is 0 Å². The molecule has 4 heteroatoms. The van der Waals surface area contributed by atoms with Gasteiger partial charge in [0.05, 0.1) is 16.7 Å². The summed E-state index contributed by atoms with van der Waals surface area (Å²) in [7, 11) is 0. The first-order chi connectivity index (χ1) is 12.8. The first-order valence-electron chi connectivity index (χ1n) is 8.30. The summed E-state index contributed by atoms with van der Waals surface area (Å²) in [6, 6.07) is 26.1. The number of aromatic amines is 1. The van der Waals surface area contributed by atoms with Crippen molar-refractivity contribution in [2.24, 2.45) is 4.99 Å². The van der Waals surface area contributed by atoms with Crippen molar-refractivity contribution in [1.29, 1.82) is 0 Å². The molecule has 0 fully saturated rings. The van der Waals surface area contributed by atoms with Crippen molar-refractivity contribution in [3.8, 4) is 11.4 Å². The summed E-state index contributed by atoms with van der Waals surface area (Å²) in [5.74, 6) is 0.821. The zero-order valence-corrected chi connectivity index (χ0v) is 15.5. The Hall–Kier alpha value is -2.98. The third-order valence-electron chi connectivity index (χ3n) is 3.98. The lowest BCUT2D eigenvalue weighted by Gasteiger charge is -2.02. The van der Waals surface area contributed by atoms with Crippen molar-refractivity contribution in [1.82, 2.24) is 9.97 Å². The number of hydrogen-bond donors (Lipinski definition) is 1. The molecule has 126 valence electrons. The van der Waals surface area contributed by atoms with Gasteiger partial charge in [0, 0.05) is 16.3 Å². The van der Waals surface area contributed by atoms with E-state index in [4.69, 9.17) is 0 Å². The summed E-state index contributed by atoms with van der Waals surface area (Å²) in [5, 5.41) is 0. The maximum atomic E-state index is 4.68. The Morgan fingerprint density at radius 1 is 0.885 bits per heavy atom. The van der Waals surface area contributed by atoms with E-state index in [1.54, 1.807) is 0 Å². The van der Waals surface area contributed by atoms with Crippen LogP contribution in [0.25, 0.3) is 28.5 Å². The number of imidazole rings is 1. The van der Waals surface area contributed by atoms with Crippen LogP contribution in [-0.4, -0.2) is 16.2 Å². The summed E-state index contributed by atoms with van der Waals surface area (Å²) in [6.45, 7) is 0. The molecule has 0 aliphatic carbocycles. The minimum atomic E-state index is 0.821. The Kier molecular flexibility index (Phi) is 4.75. The first kappa shape index (κ1) is 16.5. The Balaban J connectivity index is 1.66. The Bertz CT molecular complexity index is 1060. The predicted octanol–water partition coefficient (Wildman–Crippen LogP) is 6.37. The molecule has 0 bridgehead atoms. The number of aliphatic imine (C=N–C) groups is 1. The van der Waals surface area contributed by atoms with Crippen molar-refractivity contribution in [3.63, 3.8) is 0 Å². The molecule has 0 saturated carbocycles. The van der Waals surface area contributed by atoms with Crippen LogP contribution in [0.5, 0.6) is 0 Å². The number of aromatic nitrogens is 2. The van der Waals surface area contributed by atoms with Crippen LogP contribution in [0.4, 0.5) is 5.69 Å². The van der Waals surface area contributed by atoms with Gasteiger partial charge in [0.15, 0.2) is 0 Å². The van der Waals surface area contributed by atoms with Gasteiger partial charge >= 0.3 is 0 Å². The zero-order chi connectivity index (χ0) is 17.8. The molecule has 0 spiro atoms. The van der Waals surface area contributed by atoms with Crippen LogP contribution in [-0.2, 0) is 0 Å². The van der Waals surface area contributed by atoms with Crippen molar-refractivity contribution in [3.05, 3.63) is 88.9 Å². The molecule has 4 aromatic rings. The standard InChI is InChI=1S/C22H16BrN3/c23-17(14-16-8-2-1-3-9-16)15-24-19-11-5-4-10-18(19)22-25-20-12-6-7-13-21(20)26-22/h1-15H,(H,25,26). The van der Waals surface area contributed by atoms with Crippen molar-refractivity contribution in [2.45, 2.75) is 0 Å². The number of benzene rings is 3. The van der Waals surface area contributed by atoms with Gasteiger partial charge in [0.2, 0.25) is 0 Å². The second kappa shape index (κ2) is 7.50. The number of nitrogens with one attached hydrogen (secondary N) is 1. The molecule has 26 heavy (non-hydrogen) atoms. The lowest BCUT2D eigenvalue weighted by molar-refractivity contribution is 1.33. The fraction of sp³-hybridized carbons (Fsp3) is 0. The van der Waals surface area contributed by atoms with Gasteiger partial charge in [-0.15, -0.1) is 0 Å². The normalized spacial score (nSPS) is 12.1. The maximum absolute atomic E-state index is 4.68. The van der Waals surface area contributed by atoms with E-state index in [1.165, 1.54) is 0 Å². The molecular formula is C22H16BrN3. The Morgan fingerprint density at radius 2 is 1.62 bits per heavy atom. The van der Waals surface area contributed by atoms with Crippen molar-refractivity contribution < 1.29 is 0 Å². The summed E-state index contributed by atoms with van der Waals surface area (Å²) >= 11 is 3.57. The van der Waals surface area contributed by atoms with Gasteiger partial charge in [0.25, 0.3) is 0 Å². The van der Waals surface area contributed by atoms with E-state index in [0.29, 0.717) is 0 Å². The third kappa shape index (κ3) is 3.65. The number of para-hydroxylation sites is 3. The summed E-state index contributed by atoms with van der Waals surface area (Å²) < 4.78 is 0.906. The molecule has 0 atom stereocenters. The van der Waals surface area contributed by atoms with E-state index in [2.05, 4.69) is 43.0 Å². The Morgan fingerprint density at radius 3 is 2.46 bits per heavy atom. The van der Waals surface area contributed by atoms with E-state index < -0.39 is 0 Å². The van der Waals surface area contributed by atoms with E-state index in [-0.39, 0.29) is 0 Å². The molecule has 1 N–H and O–H groups in total. The number of nitrogens with zero attached hydrogens (tertiary/aromatic N) is 2. The molecule has 0 aliphatic rings. The topological polar surface area (TPSA) is 41.0 Å². The van der Waals surface area contributed by atoms with E-state index in [1.807, 2.05) is 79.0 Å². The Labute approximate surface area is 160 Å². The zero-order valence-electron chi connectivity index (χ0n) is 13.9. The van der Waals surface area contributed by atoms with Gasteiger partial charge < -0.3 is 4.98 Å². The quantitative estimate of drug-likeness (QED) is 0.396. The van der Waals surface area contributed by atoms with Gasteiger partial charge in [0.1, 0.15) is 5.82 Å². The monoisotopic (exact) mass is 401 g/mol. The van der Waals surface area contributed by atoms with Crippen LogP contribution in [0, 0.1) is 0 Å². The van der Waals surface area contributed by atoms with Crippen LogP contribution in [0.1, 0.15) is 5.56 Å². The molecule has 1 aromatic heterocycles. The maximum Gasteiger partial charge on any atom is 0.140 e. The molecule has 0 amide bonds. The molecule has 0 saturated heterocycles. The highest BCUT2D eigenvalue weighted by Crippen LogP contribution is 2.29. The molecule has 0 unspecified atom stereocenters. The molecule has 0 aliphatic heterocycles. The predicted molar refractivity (Wildman–Crippen MR) is 113 cm³/mol. The van der Waals surface area contributed by atoms with Gasteiger partial charge in [-0.2, -0.15) is 0 Å². The highest BCUT2D eigenvalue weighted by Gasteiger charge is 2.08. The molecule has 4 rings (SSSR count). The van der Waals surface area contributed by atoms with Gasteiger partial charge in [-0.1, -0.05) is 54.6 Å². The van der Waals surface area contributed by atoms with Crippen LogP contribution in [0.2, 0.25) is 0 Å². The minimum Gasteiger partial charge on any atom is -0.338 e. The van der Waals surface area contributed by atoms with Gasteiger partial charge in [-0.3, -0.25) is 4.99 Å². The highest BCUT2D eigenvalue weighted by atomic mass is 79.9. The minimum absolute atomic E-state index is 0.821. The SMILES string of the molecule is BrC(C=Nc1ccccc1-c1nc2ccccc2[nH]1)=Cc1ccccc1. The second-order valence-electron chi connectivity index (χ2n) is 5.82. The molecule has 3 nitrogen and oxygen atoms in total. The third-order valence-corrected chi connectivity index (χ3v) is 4.41. The number of rotatable bonds is 4. The fourth-order valence-electron chi connectivity index (χ4n) is 2.74. The smallest absolute Gasteiger partial charge is 0.140 e. The summed E-state index contributed by atoms with van der Waals surface area (Å²) in [4.78, 5) is 12.7. The van der Waals surface area contributed by atoms with Gasteiger partial charge in [-0.25, -0.2) is 4.98 Å². The van der Waals surface area contributed by atoms with E-state index >= 15 is 0 Å². The molecule has 0 radical (unpaired) electrons. The fourth-order valence-corrected chi connectivity index (χ4v) is 3.11. The van der Waals surface area contributed by atoms with Crippen molar-refractivity contribution >= 4 is 44.9 Å². The van der Waals surface area contributed by atoms with Crippen LogP contribution >= 0.6 is 15.9 Å². The first-order valence-corrected chi connectivity index (χ1v) is 9.09. The number of allylic oxidation sites excluding steroid dienone is 1. The number of hydrogen-bond acceptors (Lipinski definition) is 2. The van der Waals surface area contributed by atoms with Crippen LogP contribution in [0.3, 0.4) is 0 Å². The lowest BCUT2D eigenvalue weighted by atomic mass is 10.1. The molecule has 3 aromatic carbocycles. The lowest BCUT2D eigenvalue weighted by Crippen LogP contribution is -1.82. The van der Waals surface area contributed by atoms with E-state index in [0.717, 1.165) is 38.2 Å². The highest BCUT2D eigenvalue weighted by molar-refractivity contribution is 9.12. The second-order valence-corrected chi connectivity index (χ2v) is 6.73. The summed E-state index contributed by atoms with van der Waals surface area (Å²) in [6.07, 6.45) is 3.85. The van der Waals surface area contributed by atoms with Crippen LogP contribution < -0.4 is 0 Å². The number of halogens is 1. The number of H-pyrrole nitrogens is 1. The average Bonchev–Trinajstić information content (AvgIpc) is 3.11.